The second-order valence-electron chi connectivity index (χ2n) is 5.09. The number of nitrogens with one attached hydrogen (secondary N) is 3. The molecular weight excluding hydrogens is 321 g/mol. The number of nitrogens with zero attached hydrogens (tertiary/aromatic N) is 1. The number of carbonyl (C=O) groups is 1. The zero-order valence-electron chi connectivity index (χ0n) is 12.3. The van der Waals surface area contributed by atoms with Crippen LogP contribution in [-0.4, -0.2) is 28.8 Å². The lowest BCUT2D eigenvalue weighted by atomic mass is 10.2. The zero-order chi connectivity index (χ0) is 17.2. The van der Waals surface area contributed by atoms with E-state index >= 15 is 0 Å². The molecule has 0 fully saturated rings. The van der Waals surface area contributed by atoms with Gasteiger partial charge in [0.05, 0.1) is 16.9 Å². The molecule has 0 aliphatic rings. The van der Waals surface area contributed by atoms with E-state index in [-0.39, 0.29) is 17.1 Å². The van der Waals surface area contributed by atoms with Gasteiger partial charge < -0.3 is 10.6 Å². The lowest BCUT2D eigenvalue weighted by Gasteiger charge is -2.14. The molecular formula is C16H13F3N4O. The summed E-state index contributed by atoms with van der Waals surface area (Å²) in [6, 6.07) is 13.3. The number of anilines is 2. The first-order valence-corrected chi connectivity index (χ1v) is 7.08. The maximum Gasteiger partial charge on any atom is 0.405 e. The van der Waals surface area contributed by atoms with Crippen LogP contribution >= 0.6 is 0 Å². The van der Waals surface area contributed by atoms with Crippen molar-refractivity contribution in [3.63, 3.8) is 0 Å². The largest absolute Gasteiger partial charge is 0.405 e. The second kappa shape index (κ2) is 6.23. The molecule has 3 rings (SSSR count). The van der Waals surface area contributed by atoms with Crippen LogP contribution in [0.1, 0.15) is 10.5 Å². The molecule has 0 radical (unpaired) electrons. The molecule has 0 saturated carbocycles. The predicted molar refractivity (Wildman–Crippen MR) is 85.0 cm³/mol. The van der Waals surface area contributed by atoms with Crippen LogP contribution in [0.25, 0.3) is 10.9 Å². The minimum absolute atomic E-state index is 0.177. The number of hydrogen-bond donors (Lipinski definition) is 3. The minimum atomic E-state index is -4.35. The van der Waals surface area contributed by atoms with Gasteiger partial charge in [-0.2, -0.15) is 18.3 Å². The van der Waals surface area contributed by atoms with Crippen LogP contribution in [0.5, 0.6) is 0 Å². The Labute approximate surface area is 134 Å². The Morgan fingerprint density at radius 3 is 2.46 bits per heavy atom. The summed E-state index contributed by atoms with van der Waals surface area (Å²) in [5.41, 5.74) is 1.31. The quantitative estimate of drug-likeness (QED) is 0.680. The summed E-state index contributed by atoms with van der Waals surface area (Å²) < 4.78 is 37.1. The van der Waals surface area contributed by atoms with Crippen molar-refractivity contribution in [3.8, 4) is 0 Å². The number of alkyl halides is 3. The van der Waals surface area contributed by atoms with Crippen LogP contribution in [0.15, 0.2) is 48.5 Å². The number of hydrogen-bond acceptors (Lipinski definition) is 3. The molecule has 5 nitrogen and oxygen atoms in total. The summed E-state index contributed by atoms with van der Waals surface area (Å²) in [4.78, 5) is 12.4. The zero-order valence-corrected chi connectivity index (χ0v) is 12.3. The number of rotatable bonds is 4. The monoisotopic (exact) mass is 334 g/mol. The van der Waals surface area contributed by atoms with Gasteiger partial charge in [-0.3, -0.25) is 9.89 Å². The van der Waals surface area contributed by atoms with Crippen molar-refractivity contribution in [2.75, 3.05) is 17.2 Å². The van der Waals surface area contributed by atoms with Crippen molar-refractivity contribution < 1.29 is 18.0 Å². The van der Waals surface area contributed by atoms with Crippen molar-refractivity contribution in [2.45, 2.75) is 6.18 Å². The van der Waals surface area contributed by atoms with Gasteiger partial charge in [0.15, 0.2) is 5.69 Å². The standard InChI is InChI=1S/C16H13F3N4O/c17-16(18,19)9-20-12-7-3-4-8-13(12)21-15(24)14-10-5-1-2-6-11(10)22-23-14/h1-8,20H,9H2,(H,21,24)(H,22,23). The first kappa shape index (κ1) is 15.9. The van der Waals surface area contributed by atoms with Gasteiger partial charge in [0.2, 0.25) is 0 Å². The third-order valence-corrected chi connectivity index (χ3v) is 3.34. The van der Waals surface area contributed by atoms with E-state index in [1.165, 1.54) is 12.1 Å². The van der Waals surface area contributed by atoms with Crippen LogP contribution in [0.2, 0.25) is 0 Å². The fraction of sp³-hybridized carbons (Fsp3) is 0.125. The smallest absolute Gasteiger partial charge is 0.375 e. The molecule has 0 atom stereocenters. The second-order valence-corrected chi connectivity index (χ2v) is 5.09. The SMILES string of the molecule is O=C(Nc1ccccc1NCC(F)(F)F)c1n[nH]c2ccccc12. The highest BCUT2D eigenvalue weighted by Gasteiger charge is 2.27. The Balaban J connectivity index is 1.82. The topological polar surface area (TPSA) is 69.8 Å². The molecule has 3 aromatic rings. The average Bonchev–Trinajstić information content (AvgIpc) is 2.97. The molecule has 1 aromatic heterocycles. The van der Waals surface area contributed by atoms with Gasteiger partial charge in [-0.05, 0) is 18.2 Å². The van der Waals surface area contributed by atoms with Crippen LogP contribution < -0.4 is 10.6 Å². The molecule has 0 saturated heterocycles. The third-order valence-electron chi connectivity index (χ3n) is 3.34. The van der Waals surface area contributed by atoms with Crippen LogP contribution in [-0.2, 0) is 0 Å². The lowest BCUT2D eigenvalue weighted by Crippen LogP contribution is -2.22. The fourth-order valence-electron chi connectivity index (χ4n) is 2.26. The van der Waals surface area contributed by atoms with Crippen LogP contribution in [0.3, 0.4) is 0 Å². The van der Waals surface area contributed by atoms with E-state index in [9.17, 15) is 18.0 Å². The lowest BCUT2D eigenvalue weighted by molar-refractivity contribution is -0.115. The highest BCUT2D eigenvalue weighted by molar-refractivity contribution is 6.12. The first-order valence-electron chi connectivity index (χ1n) is 7.08. The molecule has 0 aliphatic carbocycles. The van der Waals surface area contributed by atoms with E-state index in [0.29, 0.717) is 10.9 Å². The molecule has 2 aromatic carbocycles. The molecule has 24 heavy (non-hydrogen) atoms. The summed E-state index contributed by atoms with van der Waals surface area (Å²) in [7, 11) is 0. The summed E-state index contributed by atoms with van der Waals surface area (Å²) in [6.45, 7) is -1.19. The molecule has 1 amide bonds. The van der Waals surface area contributed by atoms with Gasteiger partial charge in [0, 0.05) is 5.39 Å². The molecule has 0 spiro atoms. The maximum absolute atomic E-state index is 12.4. The highest BCUT2D eigenvalue weighted by Crippen LogP contribution is 2.25. The molecule has 0 bridgehead atoms. The van der Waals surface area contributed by atoms with Gasteiger partial charge in [-0.1, -0.05) is 30.3 Å². The summed E-state index contributed by atoms with van der Waals surface area (Å²) in [5, 5.41) is 12.2. The van der Waals surface area contributed by atoms with E-state index in [2.05, 4.69) is 20.8 Å². The Morgan fingerprint density at radius 2 is 1.71 bits per heavy atom. The van der Waals surface area contributed by atoms with E-state index < -0.39 is 18.6 Å². The Hall–Kier alpha value is -3.03. The molecule has 124 valence electrons. The van der Waals surface area contributed by atoms with Gasteiger partial charge in [0.1, 0.15) is 6.54 Å². The van der Waals surface area contributed by atoms with E-state index in [1.807, 2.05) is 0 Å². The third kappa shape index (κ3) is 3.48. The highest BCUT2D eigenvalue weighted by atomic mass is 19.4. The van der Waals surface area contributed by atoms with Crippen molar-refractivity contribution in [2.24, 2.45) is 0 Å². The van der Waals surface area contributed by atoms with Crippen LogP contribution in [0, 0.1) is 0 Å². The van der Waals surface area contributed by atoms with E-state index in [0.717, 1.165) is 0 Å². The van der Waals surface area contributed by atoms with Gasteiger partial charge in [0.25, 0.3) is 5.91 Å². The summed E-state index contributed by atoms with van der Waals surface area (Å²) >= 11 is 0. The normalized spacial score (nSPS) is 11.5. The molecule has 3 N–H and O–H groups in total. The number of fused-ring (bicyclic) bond motifs is 1. The van der Waals surface area contributed by atoms with Crippen molar-refractivity contribution in [1.29, 1.82) is 0 Å². The molecule has 1 heterocycles. The van der Waals surface area contributed by atoms with Crippen molar-refractivity contribution in [1.82, 2.24) is 10.2 Å². The maximum atomic E-state index is 12.4. The average molecular weight is 334 g/mol. The number of benzene rings is 2. The number of halogens is 3. The number of aromatic amines is 1. The Morgan fingerprint density at radius 1 is 1.04 bits per heavy atom. The number of carbonyl (C=O) groups excluding carboxylic acids is 1. The predicted octanol–water partition coefficient (Wildman–Crippen LogP) is 3.79. The number of aromatic nitrogens is 2. The molecule has 0 unspecified atom stereocenters. The Kier molecular flexibility index (Phi) is 4.11. The van der Waals surface area contributed by atoms with Gasteiger partial charge in [-0.25, -0.2) is 0 Å². The molecule has 0 aliphatic heterocycles. The summed E-state index contributed by atoms with van der Waals surface area (Å²) in [5.74, 6) is -0.506. The summed E-state index contributed by atoms with van der Waals surface area (Å²) in [6.07, 6.45) is -4.35. The van der Waals surface area contributed by atoms with Gasteiger partial charge in [-0.15, -0.1) is 0 Å². The number of para-hydroxylation sites is 3. The van der Waals surface area contributed by atoms with E-state index in [1.54, 1.807) is 36.4 Å². The molecule has 8 heteroatoms. The number of amides is 1. The van der Waals surface area contributed by atoms with E-state index in [4.69, 9.17) is 0 Å². The Bertz CT molecular complexity index is 873. The van der Waals surface area contributed by atoms with Crippen molar-refractivity contribution >= 4 is 28.2 Å². The van der Waals surface area contributed by atoms with Crippen molar-refractivity contribution in [3.05, 3.63) is 54.2 Å². The minimum Gasteiger partial charge on any atom is -0.375 e. The number of H-pyrrole nitrogens is 1. The van der Waals surface area contributed by atoms with Gasteiger partial charge >= 0.3 is 6.18 Å². The first-order chi connectivity index (χ1) is 11.4. The van der Waals surface area contributed by atoms with Crippen LogP contribution in [0.4, 0.5) is 24.5 Å². The fourth-order valence-corrected chi connectivity index (χ4v) is 2.26.